The molecule has 2 aromatic carbocycles. The number of carbonyl (C=O) groups is 3. The zero-order chi connectivity index (χ0) is 21.3. The average molecular weight is 487 g/mol. The molecule has 0 fully saturated rings. The van der Waals surface area contributed by atoms with Gasteiger partial charge in [0, 0.05) is 4.47 Å². The van der Waals surface area contributed by atoms with Crippen LogP contribution in [0.5, 0.6) is 5.75 Å². The van der Waals surface area contributed by atoms with Crippen molar-refractivity contribution in [3.05, 3.63) is 57.3 Å². The number of hydrogen-bond acceptors (Lipinski definition) is 6. The van der Waals surface area contributed by atoms with Gasteiger partial charge in [0.25, 0.3) is 11.6 Å². The molecule has 7 nitrogen and oxygen atoms in total. The maximum atomic E-state index is 13.7. The van der Waals surface area contributed by atoms with Crippen LogP contribution in [-0.4, -0.2) is 37.8 Å². The van der Waals surface area contributed by atoms with Gasteiger partial charge in [-0.15, -0.1) is 0 Å². The average Bonchev–Trinajstić information content (AvgIpc) is 2.70. The molecule has 0 spiro atoms. The Kier molecular flexibility index (Phi) is 5.81. The van der Waals surface area contributed by atoms with E-state index in [-0.39, 0.29) is 22.0 Å². The van der Waals surface area contributed by atoms with E-state index < -0.39 is 35.8 Å². The molecule has 0 radical (unpaired) electrons. The number of halogens is 3. The number of rotatable bonds is 4. The number of anilines is 1. The Hall–Kier alpha value is -2.65. The molecule has 2 aromatic rings. The SMILES string of the molecule is COC(=O)CC1(C(=O)OC)Oc2ccc(Br)cc2C(=O)N1c1ccc(F)c(Cl)c1. The molecule has 0 N–H and O–H groups in total. The van der Waals surface area contributed by atoms with Crippen molar-refractivity contribution in [2.24, 2.45) is 0 Å². The van der Waals surface area contributed by atoms with Crippen LogP contribution in [0.4, 0.5) is 10.1 Å². The molecule has 0 saturated carbocycles. The number of amides is 1. The van der Waals surface area contributed by atoms with E-state index >= 15 is 0 Å². The highest BCUT2D eigenvalue weighted by molar-refractivity contribution is 9.10. The number of carbonyl (C=O) groups excluding carboxylic acids is 3. The van der Waals surface area contributed by atoms with Gasteiger partial charge in [0.15, 0.2) is 0 Å². The van der Waals surface area contributed by atoms with Crippen molar-refractivity contribution in [2.75, 3.05) is 19.1 Å². The highest BCUT2D eigenvalue weighted by atomic mass is 79.9. The molecule has 0 bridgehead atoms. The number of benzene rings is 2. The summed E-state index contributed by atoms with van der Waals surface area (Å²) in [4.78, 5) is 39.3. The smallest absolute Gasteiger partial charge is 0.373 e. The normalized spacial score (nSPS) is 18.0. The summed E-state index contributed by atoms with van der Waals surface area (Å²) in [5.74, 6) is -3.19. The van der Waals surface area contributed by atoms with Gasteiger partial charge in [-0.3, -0.25) is 14.5 Å². The molecule has 1 amide bonds. The molecule has 0 aromatic heterocycles. The largest absolute Gasteiger partial charge is 0.469 e. The van der Waals surface area contributed by atoms with E-state index in [4.69, 9.17) is 21.1 Å². The molecule has 1 aliphatic rings. The Morgan fingerprint density at radius 1 is 1.21 bits per heavy atom. The number of ether oxygens (including phenoxy) is 3. The molecule has 1 heterocycles. The van der Waals surface area contributed by atoms with Crippen molar-refractivity contribution in [3.63, 3.8) is 0 Å². The monoisotopic (exact) mass is 485 g/mol. The first kappa shape index (κ1) is 21.1. The minimum absolute atomic E-state index is 0.0290. The molecule has 10 heteroatoms. The van der Waals surface area contributed by atoms with Gasteiger partial charge in [-0.25, -0.2) is 9.18 Å². The lowest BCUT2D eigenvalue weighted by molar-refractivity contribution is -0.166. The van der Waals surface area contributed by atoms with Crippen LogP contribution in [0.2, 0.25) is 5.02 Å². The molecule has 0 saturated heterocycles. The molecular weight excluding hydrogens is 473 g/mol. The molecule has 29 heavy (non-hydrogen) atoms. The minimum Gasteiger partial charge on any atom is -0.469 e. The Balaban J connectivity index is 2.29. The van der Waals surface area contributed by atoms with E-state index in [0.717, 1.165) is 31.3 Å². The van der Waals surface area contributed by atoms with Crippen LogP contribution in [-0.2, 0) is 19.1 Å². The lowest BCUT2D eigenvalue weighted by Crippen LogP contribution is -2.65. The highest BCUT2D eigenvalue weighted by Gasteiger charge is 2.56. The van der Waals surface area contributed by atoms with E-state index in [1.165, 1.54) is 18.2 Å². The van der Waals surface area contributed by atoms with Crippen molar-refractivity contribution in [1.82, 2.24) is 0 Å². The van der Waals surface area contributed by atoms with Gasteiger partial charge in [0.05, 0.1) is 30.5 Å². The van der Waals surface area contributed by atoms with E-state index in [1.807, 2.05) is 0 Å². The zero-order valence-corrected chi connectivity index (χ0v) is 17.5. The third-order valence-electron chi connectivity index (χ3n) is 4.29. The van der Waals surface area contributed by atoms with Gasteiger partial charge in [0.2, 0.25) is 0 Å². The van der Waals surface area contributed by atoms with Gasteiger partial charge in [-0.2, -0.15) is 0 Å². The molecular formula is C19H14BrClFNO6. The summed E-state index contributed by atoms with van der Waals surface area (Å²) >= 11 is 9.15. The second-order valence-electron chi connectivity index (χ2n) is 6.01. The molecule has 0 aliphatic carbocycles. The van der Waals surface area contributed by atoms with Crippen molar-refractivity contribution >= 4 is 51.1 Å². The molecule has 1 aliphatic heterocycles. The standard InChI is InChI=1S/C19H14BrClFNO6/c1-27-16(24)9-19(18(26)28-2)23(11-4-5-14(22)13(21)8-11)17(25)12-7-10(20)3-6-15(12)29-19/h3-8H,9H2,1-2H3. The van der Waals surface area contributed by atoms with Crippen LogP contribution in [0.15, 0.2) is 40.9 Å². The Morgan fingerprint density at radius 3 is 2.55 bits per heavy atom. The van der Waals surface area contributed by atoms with E-state index in [9.17, 15) is 18.8 Å². The summed E-state index contributed by atoms with van der Waals surface area (Å²) in [5.41, 5.74) is -2.08. The summed E-state index contributed by atoms with van der Waals surface area (Å²) in [7, 11) is 2.21. The lowest BCUT2D eigenvalue weighted by Gasteiger charge is -2.44. The van der Waals surface area contributed by atoms with Crippen LogP contribution in [0, 0.1) is 5.82 Å². The maximum Gasteiger partial charge on any atom is 0.373 e. The second kappa shape index (κ2) is 8.00. The van der Waals surface area contributed by atoms with Crippen LogP contribution in [0.25, 0.3) is 0 Å². The highest BCUT2D eigenvalue weighted by Crippen LogP contribution is 2.41. The maximum absolute atomic E-state index is 13.7. The fraction of sp³-hybridized carbons (Fsp3) is 0.211. The predicted octanol–water partition coefficient (Wildman–Crippen LogP) is 3.71. The molecule has 1 unspecified atom stereocenters. The van der Waals surface area contributed by atoms with Crippen molar-refractivity contribution < 1.29 is 33.0 Å². The summed E-state index contributed by atoms with van der Waals surface area (Å²) in [6.45, 7) is 0. The summed E-state index contributed by atoms with van der Waals surface area (Å²) in [6.07, 6.45) is -0.674. The van der Waals surface area contributed by atoms with Crippen molar-refractivity contribution in [1.29, 1.82) is 0 Å². The third-order valence-corrected chi connectivity index (χ3v) is 5.08. The zero-order valence-electron chi connectivity index (χ0n) is 15.2. The molecule has 1 atom stereocenters. The quantitative estimate of drug-likeness (QED) is 0.613. The number of hydrogen-bond donors (Lipinski definition) is 0. The van der Waals surface area contributed by atoms with Gasteiger partial charge >= 0.3 is 11.9 Å². The van der Waals surface area contributed by atoms with Crippen molar-refractivity contribution in [2.45, 2.75) is 12.1 Å². The number of nitrogens with zero attached hydrogens (tertiary/aromatic N) is 1. The number of esters is 2. The van der Waals surface area contributed by atoms with Gasteiger partial charge < -0.3 is 14.2 Å². The first-order valence-electron chi connectivity index (χ1n) is 8.17. The number of fused-ring (bicyclic) bond motifs is 1. The van der Waals surface area contributed by atoms with E-state index in [1.54, 1.807) is 6.07 Å². The van der Waals surface area contributed by atoms with Gasteiger partial charge in [-0.05, 0) is 36.4 Å². The fourth-order valence-electron chi connectivity index (χ4n) is 2.97. The second-order valence-corrected chi connectivity index (χ2v) is 7.33. The first-order chi connectivity index (χ1) is 13.7. The van der Waals surface area contributed by atoms with Crippen LogP contribution < -0.4 is 9.64 Å². The van der Waals surface area contributed by atoms with Gasteiger partial charge in [0.1, 0.15) is 18.0 Å². The fourth-order valence-corrected chi connectivity index (χ4v) is 3.50. The minimum atomic E-state index is -2.22. The topological polar surface area (TPSA) is 82.1 Å². The van der Waals surface area contributed by atoms with E-state index in [0.29, 0.717) is 4.47 Å². The van der Waals surface area contributed by atoms with Crippen LogP contribution in [0.1, 0.15) is 16.8 Å². The van der Waals surface area contributed by atoms with Crippen LogP contribution >= 0.6 is 27.5 Å². The van der Waals surface area contributed by atoms with Gasteiger partial charge in [-0.1, -0.05) is 27.5 Å². The summed E-state index contributed by atoms with van der Waals surface area (Å²) < 4.78 is 29.7. The van der Waals surface area contributed by atoms with Crippen LogP contribution in [0.3, 0.4) is 0 Å². The molecule has 3 rings (SSSR count). The first-order valence-corrected chi connectivity index (χ1v) is 9.34. The lowest BCUT2D eigenvalue weighted by atomic mass is 9.99. The Bertz CT molecular complexity index is 1020. The molecule has 152 valence electrons. The predicted molar refractivity (Wildman–Crippen MR) is 104 cm³/mol. The Morgan fingerprint density at radius 2 is 1.93 bits per heavy atom. The number of methoxy groups -OCH3 is 2. The third kappa shape index (κ3) is 3.67. The summed E-state index contributed by atoms with van der Waals surface area (Å²) in [6, 6.07) is 7.99. The summed E-state index contributed by atoms with van der Waals surface area (Å²) in [5, 5.41) is -0.285. The van der Waals surface area contributed by atoms with E-state index in [2.05, 4.69) is 20.7 Å². The Labute approximate surface area is 178 Å². The van der Waals surface area contributed by atoms with Crippen molar-refractivity contribution in [3.8, 4) is 5.75 Å².